The summed E-state index contributed by atoms with van der Waals surface area (Å²) in [5.41, 5.74) is -4.50. The minimum atomic E-state index is -5.45. The van der Waals surface area contributed by atoms with Crippen molar-refractivity contribution < 1.29 is 37.4 Å². The molecule has 0 spiro atoms. The SMILES string of the molecule is O=C(Nc1ccc(F)cc1)Nc1nc2ccc([C@](O)(C(=O)O)C(F)(F)F)cc2s1. The molecule has 7 nitrogen and oxygen atoms in total. The van der Waals surface area contributed by atoms with Crippen LogP contribution in [0.5, 0.6) is 0 Å². The number of aromatic nitrogens is 1. The molecule has 0 aliphatic heterocycles. The van der Waals surface area contributed by atoms with Gasteiger partial charge >= 0.3 is 18.2 Å². The van der Waals surface area contributed by atoms with Crippen LogP contribution in [0.15, 0.2) is 42.5 Å². The van der Waals surface area contributed by atoms with Crippen molar-refractivity contribution in [3.05, 3.63) is 53.8 Å². The second-order valence-corrected chi connectivity index (χ2v) is 6.83. The van der Waals surface area contributed by atoms with Crippen molar-refractivity contribution in [3.8, 4) is 0 Å². The van der Waals surface area contributed by atoms with Gasteiger partial charge < -0.3 is 15.5 Å². The minimum absolute atomic E-state index is 0.0163. The number of aliphatic carboxylic acids is 1. The summed E-state index contributed by atoms with van der Waals surface area (Å²) in [5, 5.41) is 23.4. The number of fused-ring (bicyclic) bond motifs is 1. The molecule has 1 heterocycles. The molecule has 29 heavy (non-hydrogen) atoms. The molecule has 0 aliphatic carbocycles. The van der Waals surface area contributed by atoms with Crippen LogP contribution in [0.4, 0.5) is 33.2 Å². The van der Waals surface area contributed by atoms with E-state index in [1.54, 1.807) is 0 Å². The summed E-state index contributed by atoms with van der Waals surface area (Å²) in [6.45, 7) is 0. The van der Waals surface area contributed by atoms with Gasteiger partial charge in [0.25, 0.3) is 5.60 Å². The molecule has 2 amide bonds. The van der Waals surface area contributed by atoms with Crippen molar-refractivity contribution in [2.75, 3.05) is 10.6 Å². The number of thiazole rings is 1. The zero-order valence-electron chi connectivity index (χ0n) is 14.1. The van der Waals surface area contributed by atoms with Gasteiger partial charge in [-0.1, -0.05) is 17.4 Å². The van der Waals surface area contributed by atoms with Gasteiger partial charge in [0.1, 0.15) is 5.82 Å². The predicted molar refractivity (Wildman–Crippen MR) is 96.2 cm³/mol. The number of carboxylic acid groups (broad SMARTS) is 1. The predicted octanol–water partition coefficient (Wildman–Crippen LogP) is 3.91. The number of hydrogen-bond donors (Lipinski definition) is 4. The molecule has 152 valence electrons. The van der Waals surface area contributed by atoms with Gasteiger partial charge in [-0.25, -0.2) is 19.0 Å². The Hall–Kier alpha value is -3.25. The fraction of sp³-hybridized carbons (Fsp3) is 0.118. The first kappa shape index (κ1) is 20.5. The van der Waals surface area contributed by atoms with E-state index in [2.05, 4.69) is 15.6 Å². The molecule has 1 aromatic heterocycles. The zero-order valence-corrected chi connectivity index (χ0v) is 14.9. The number of carboxylic acids is 1. The highest BCUT2D eigenvalue weighted by Crippen LogP contribution is 2.41. The summed E-state index contributed by atoms with van der Waals surface area (Å²) in [5.74, 6) is -2.95. The molecule has 12 heteroatoms. The van der Waals surface area contributed by atoms with Crippen LogP contribution in [0.25, 0.3) is 10.2 Å². The molecule has 0 saturated carbocycles. The summed E-state index contributed by atoms with van der Waals surface area (Å²) in [6, 6.07) is 6.94. The average Bonchev–Trinajstić information content (AvgIpc) is 3.02. The number of anilines is 2. The van der Waals surface area contributed by atoms with Crippen molar-refractivity contribution in [2.45, 2.75) is 11.8 Å². The Morgan fingerprint density at radius 3 is 2.28 bits per heavy atom. The van der Waals surface area contributed by atoms with Gasteiger partial charge in [-0.05, 0) is 36.4 Å². The monoisotopic (exact) mass is 429 g/mol. The highest BCUT2D eigenvalue weighted by atomic mass is 32.1. The van der Waals surface area contributed by atoms with Crippen LogP contribution in [-0.4, -0.2) is 33.4 Å². The Kier molecular flexibility index (Phi) is 5.15. The van der Waals surface area contributed by atoms with Gasteiger partial charge in [0.05, 0.1) is 10.2 Å². The van der Waals surface area contributed by atoms with E-state index in [1.807, 2.05) is 0 Å². The minimum Gasteiger partial charge on any atom is -0.479 e. The molecule has 0 bridgehead atoms. The largest absolute Gasteiger partial charge is 0.479 e. The van der Waals surface area contributed by atoms with Crippen molar-refractivity contribution in [2.24, 2.45) is 0 Å². The maximum Gasteiger partial charge on any atom is 0.432 e. The van der Waals surface area contributed by atoms with Crippen LogP contribution in [0.2, 0.25) is 0 Å². The number of alkyl halides is 3. The van der Waals surface area contributed by atoms with Crippen molar-refractivity contribution in [1.29, 1.82) is 0 Å². The standard InChI is InChI=1S/C17H11F4N3O4S/c18-9-2-4-10(5-3-9)22-14(27)24-15-23-11-6-1-8(7-12(11)29-15)16(28,13(25)26)17(19,20)21/h1-7,28H,(H,25,26)(H2,22,23,24,27)/t16-/m0/s1. The van der Waals surface area contributed by atoms with E-state index < -0.39 is 35.2 Å². The van der Waals surface area contributed by atoms with Gasteiger partial charge in [-0.3, -0.25) is 5.32 Å². The molecule has 0 unspecified atom stereocenters. The first-order chi connectivity index (χ1) is 13.5. The average molecular weight is 429 g/mol. The Bertz CT molecular complexity index is 1080. The molecule has 2 aromatic carbocycles. The number of urea groups is 1. The number of halogens is 4. The third kappa shape index (κ3) is 3.98. The second kappa shape index (κ2) is 7.29. The van der Waals surface area contributed by atoms with Crippen molar-refractivity contribution >= 4 is 44.4 Å². The molecule has 0 fully saturated rings. The molecule has 3 rings (SSSR count). The van der Waals surface area contributed by atoms with E-state index in [0.29, 0.717) is 5.69 Å². The first-order valence-electron chi connectivity index (χ1n) is 7.78. The number of amides is 2. The number of nitrogens with zero attached hydrogens (tertiary/aromatic N) is 1. The number of nitrogens with one attached hydrogen (secondary N) is 2. The molecular formula is C17H11F4N3O4S. The summed E-state index contributed by atoms with van der Waals surface area (Å²) in [4.78, 5) is 27.1. The van der Waals surface area contributed by atoms with Gasteiger partial charge in [0.2, 0.25) is 0 Å². The van der Waals surface area contributed by atoms with E-state index in [4.69, 9.17) is 5.11 Å². The van der Waals surface area contributed by atoms with Crippen molar-refractivity contribution in [3.63, 3.8) is 0 Å². The normalized spacial score (nSPS) is 13.7. The van der Waals surface area contributed by atoms with Crippen LogP contribution in [0.3, 0.4) is 0 Å². The van der Waals surface area contributed by atoms with Gasteiger partial charge in [-0.15, -0.1) is 0 Å². The van der Waals surface area contributed by atoms with Crippen LogP contribution < -0.4 is 10.6 Å². The van der Waals surface area contributed by atoms with E-state index in [0.717, 1.165) is 41.7 Å². The lowest BCUT2D eigenvalue weighted by Gasteiger charge is -2.26. The number of hydrogen-bond acceptors (Lipinski definition) is 5. The summed E-state index contributed by atoms with van der Waals surface area (Å²) in [7, 11) is 0. The third-order valence-electron chi connectivity index (χ3n) is 3.85. The lowest BCUT2D eigenvalue weighted by Crippen LogP contribution is -2.49. The maximum absolute atomic E-state index is 13.1. The number of benzene rings is 2. The molecule has 4 N–H and O–H groups in total. The van der Waals surface area contributed by atoms with E-state index >= 15 is 0 Å². The van der Waals surface area contributed by atoms with Crippen molar-refractivity contribution in [1.82, 2.24) is 4.98 Å². The Labute approximate surface area is 163 Å². The fourth-order valence-electron chi connectivity index (χ4n) is 2.40. The molecule has 0 aliphatic rings. The lowest BCUT2D eigenvalue weighted by molar-refractivity contribution is -0.265. The number of carbonyl (C=O) groups is 2. The smallest absolute Gasteiger partial charge is 0.432 e. The Balaban J connectivity index is 1.84. The van der Waals surface area contributed by atoms with Gasteiger partial charge in [0.15, 0.2) is 5.13 Å². The number of aliphatic hydroxyl groups is 1. The zero-order chi connectivity index (χ0) is 21.4. The quantitative estimate of drug-likeness (QED) is 0.470. The number of rotatable bonds is 4. The summed E-state index contributed by atoms with van der Waals surface area (Å²) in [6.07, 6.45) is -5.45. The summed E-state index contributed by atoms with van der Waals surface area (Å²) >= 11 is 0.777. The first-order valence-corrected chi connectivity index (χ1v) is 8.59. The molecule has 3 aromatic rings. The van der Waals surface area contributed by atoms with Crippen LogP contribution in [0.1, 0.15) is 5.56 Å². The van der Waals surface area contributed by atoms with Gasteiger partial charge in [-0.2, -0.15) is 13.2 Å². The van der Waals surface area contributed by atoms with Crippen LogP contribution in [-0.2, 0) is 10.4 Å². The topological polar surface area (TPSA) is 112 Å². The lowest BCUT2D eigenvalue weighted by atomic mass is 9.93. The van der Waals surface area contributed by atoms with Crippen LogP contribution in [0, 0.1) is 5.82 Å². The molecular weight excluding hydrogens is 418 g/mol. The molecule has 0 radical (unpaired) electrons. The van der Waals surface area contributed by atoms with Gasteiger partial charge in [0, 0.05) is 11.3 Å². The van der Waals surface area contributed by atoms with E-state index in [-0.39, 0.29) is 15.3 Å². The highest BCUT2D eigenvalue weighted by molar-refractivity contribution is 7.22. The number of carbonyl (C=O) groups excluding carboxylic acids is 1. The Morgan fingerprint density at radius 2 is 1.69 bits per heavy atom. The Morgan fingerprint density at radius 1 is 1.03 bits per heavy atom. The molecule has 1 atom stereocenters. The van der Waals surface area contributed by atoms with E-state index in [1.165, 1.54) is 12.1 Å². The maximum atomic E-state index is 13.1. The fourth-order valence-corrected chi connectivity index (χ4v) is 3.30. The second-order valence-electron chi connectivity index (χ2n) is 5.80. The highest BCUT2D eigenvalue weighted by Gasteiger charge is 2.61. The molecule has 0 saturated heterocycles. The third-order valence-corrected chi connectivity index (χ3v) is 4.78. The van der Waals surface area contributed by atoms with Crippen LogP contribution >= 0.6 is 11.3 Å². The summed E-state index contributed by atoms with van der Waals surface area (Å²) < 4.78 is 52.3. The van der Waals surface area contributed by atoms with E-state index in [9.17, 15) is 32.3 Å².